The summed E-state index contributed by atoms with van der Waals surface area (Å²) in [7, 11) is 0. The van der Waals surface area contributed by atoms with Crippen LogP contribution in [-0.4, -0.2) is 21.6 Å². The second-order valence-electron chi connectivity index (χ2n) is 2.98. The average Bonchev–Trinajstić information content (AvgIpc) is 2.16. The summed E-state index contributed by atoms with van der Waals surface area (Å²) in [6.45, 7) is 2.05. The van der Waals surface area contributed by atoms with Gasteiger partial charge in [-0.15, -0.1) is 0 Å². The number of hydrogen-bond donors (Lipinski definition) is 0. The van der Waals surface area contributed by atoms with Gasteiger partial charge in [-0.05, 0) is 30.7 Å². The summed E-state index contributed by atoms with van der Waals surface area (Å²) < 4.78 is 5.27. The van der Waals surface area contributed by atoms with Crippen molar-refractivity contribution in [2.24, 2.45) is 0 Å². The normalized spacial score (nSPS) is 10.2. The molecule has 0 bridgehead atoms. The summed E-state index contributed by atoms with van der Waals surface area (Å²) in [6.07, 6.45) is 1.78. The Kier molecular flexibility index (Phi) is 2.22. The molecule has 0 spiro atoms. The van der Waals surface area contributed by atoms with Gasteiger partial charge in [-0.2, -0.15) is 0 Å². The molecule has 0 amide bonds. The Labute approximate surface area is 85.3 Å². The fourth-order valence-electron chi connectivity index (χ4n) is 1.41. The van der Waals surface area contributed by atoms with Gasteiger partial charge in [0.2, 0.25) is 0 Å². The van der Waals surface area contributed by atoms with Crippen LogP contribution >= 0.6 is 0 Å². The standard InChI is InChI=1S/C10H9NO.Al.H/c1-7-5-8-3-2-4-11-10(8)9(12)6-7;;/h2-6,12H,1H3;;/q;+1;/p-1. The average molecular weight is 186 g/mol. The number of rotatable bonds is 1. The first-order valence-corrected chi connectivity index (χ1v) is 4.66. The summed E-state index contributed by atoms with van der Waals surface area (Å²) in [5.74, 6) is 0.855. The van der Waals surface area contributed by atoms with Crippen molar-refractivity contribution in [1.82, 2.24) is 4.98 Å². The van der Waals surface area contributed by atoms with Crippen molar-refractivity contribution in [1.29, 1.82) is 0 Å². The number of fused-ring (bicyclic) bond motifs is 1. The van der Waals surface area contributed by atoms with Gasteiger partial charge in [0.1, 0.15) is 11.3 Å². The van der Waals surface area contributed by atoms with Crippen LogP contribution in [0.1, 0.15) is 5.56 Å². The van der Waals surface area contributed by atoms with Crippen LogP contribution < -0.4 is 3.79 Å². The van der Waals surface area contributed by atoms with E-state index >= 15 is 0 Å². The number of benzene rings is 1. The molecule has 0 atom stereocenters. The van der Waals surface area contributed by atoms with E-state index in [1.54, 1.807) is 6.20 Å². The van der Waals surface area contributed by atoms with Gasteiger partial charge in [0.05, 0.1) is 0 Å². The molecule has 0 aliphatic carbocycles. The lowest BCUT2D eigenvalue weighted by molar-refractivity contribution is 0.621. The predicted molar refractivity (Wildman–Crippen MR) is 54.3 cm³/mol. The maximum absolute atomic E-state index is 5.27. The molecule has 2 aromatic rings. The van der Waals surface area contributed by atoms with Crippen LogP contribution in [0.4, 0.5) is 0 Å². The first-order valence-electron chi connectivity index (χ1n) is 4.08. The Morgan fingerprint density at radius 1 is 1.38 bits per heavy atom. The molecule has 0 aliphatic heterocycles. The summed E-state index contributed by atoms with van der Waals surface area (Å²) in [4.78, 5) is 4.27. The number of pyridine rings is 1. The Balaban J connectivity index is 2.81. The van der Waals surface area contributed by atoms with E-state index in [0.29, 0.717) is 0 Å². The van der Waals surface area contributed by atoms with E-state index in [2.05, 4.69) is 18.0 Å². The topological polar surface area (TPSA) is 22.1 Å². The lowest BCUT2D eigenvalue weighted by Crippen LogP contribution is -1.89. The minimum Gasteiger partial charge on any atom is -0.649 e. The van der Waals surface area contributed by atoms with Crippen LogP contribution in [0.2, 0.25) is 0 Å². The van der Waals surface area contributed by atoms with E-state index < -0.39 is 0 Å². The van der Waals surface area contributed by atoms with E-state index in [0.717, 1.165) is 16.7 Å². The molecule has 1 aromatic carbocycles. The molecule has 0 aliphatic rings. The second kappa shape index (κ2) is 3.37. The van der Waals surface area contributed by atoms with Crippen molar-refractivity contribution in [3.05, 3.63) is 36.0 Å². The molecule has 2 rings (SSSR count). The first-order chi connectivity index (χ1) is 6.31. The van der Waals surface area contributed by atoms with Gasteiger partial charge in [-0.3, -0.25) is 4.98 Å². The highest BCUT2D eigenvalue weighted by molar-refractivity contribution is 6.01. The molecule has 63 valence electrons. The molecular formula is C10H9AlNO. The lowest BCUT2D eigenvalue weighted by Gasteiger charge is -2.07. The molecule has 0 fully saturated rings. The second-order valence-corrected chi connectivity index (χ2v) is 3.27. The third-order valence-electron chi connectivity index (χ3n) is 1.97. The number of aromatic nitrogens is 1. The van der Waals surface area contributed by atoms with Gasteiger partial charge in [0.15, 0.2) is 0 Å². The van der Waals surface area contributed by atoms with Crippen molar-refractivity contribution in [3.8, 4) is 5.75 Å². The molecule has 2 nitrogen and oxygen atoms in total. The third kappa shape index (κ3) is 1.53. The zero-order chi connectivity index (χ0) is 9.26. The molecule has 1 aromatic heterocycles. The van der Waals surface area contributed by atoms with Crippen molar-refractivity contribution >= 4 is 27.5 Å². The van der Waals surface area contributed by atoms with Crippen LogP contribution in [0, 0.1) is 6.92 Å². The predicted octanol–water partition coefficient (Wildman–Crippen LogP) is 1.74. The van der Waals surface area contributed by atoms with Crippen molar-refractivity contribution < 1.29 is 3.79 Å². The minimum absolute atomic E-state index is 0.855. The Hall–Kier alpha value is -1.04. The quantitative estimate of drug-likeness (QED) is 0.633. The number of nitrogens with zero attached hydrogens (tertiary/aromatic N) is 1. The van der Waals surface area contributed by atoms with E-state index in [1.807, 2.05) is 18.2 Å². The highest BCUT2D eigenvalue weighted by Crippen LogP contribution is 2.24. The fourth-order valence-corrected chi connectivity index (χ4v) is 1.63. The molecule has 0 saturated heterocycles. The smallest absolute Gasteiger partial charge is 0.494 e. The van der Waals surface area contributed by atoms with Gasteiger partial charge in [0, 0.05) is 11.6 Å². The lowest BCUT2D eigenvalue weighted by atomic mass is 10.1. The molecule has 13 heavy (non-hydrogen) atoms. The van der Waals surface area contributed by atoms with Gasteiger partial charge >= 0.3 is 16.6 Å². The van der Waals surface area contributed by atoms with Crippen molar-refractivity contribution in [2.75, 3.05) is 0 Å². The van der Waals surface area contributed by atoms with E-state index in [4.69, 9.17) is 3.79 Å². The van der Waals surface area contributed by atoms with Gasteiger partial charge in [-0.25, -0.2) is 0 Å². The SMILES string of the molecule is Cc1cc([O][AlH])c2ncccc2c1. The highest BCUT2D eigenvalue weighted by atomic mass is 27.1. The summed E-state index contributed by atoms with van der Waals surface area (Å²) in [5.41, 5.74) is 2.13. The molecule has 3 heteroatoms. The van der Waals surface area contributed by atoms with E-state index in [1.165, 1.54) is 22.2 Å². The highest BCUT2D eigenvalue weighted by Gasteiger charge is 2.01. The third-order valence-corrected chi connectivity index (χ3v) is 2.28. The molecule has 1 radical (unpaired) electrons. The van der Waals surface area contributed by atoms with Gasteiger partial charge in [0.25, 0.3) is 0 Å². The molecule has 0 unspecified atom stereocenters. The fraction of sp³-hybridized carbons (Fsp3) is 0.100. The van der Waals surface area contributed by atoms with Crippen molar-refractivity contribution in [2.45, 2.75) is 6.92 Å². The maximum atomic E-state index is 5.27. The van der Waals surface area contributed by atoms with Crippen LogP contribution in [0.5, 0.6) is 5.75 Å². The van der Waals surface area contributed by atoms with Crippen molar-refractivity contribution in [3.63, 3.8) is 0 Å². The maximum Gasteiger partial charge on any atom is 0.494 e. The van der Waals surface area contributed by atoms with Gasteiger partial charge < -0.3 is 3.79 Å². The summed E-state index contributed by atoms with van der Waals surface area (Å²) in [5, 5.41) is 1.13. The van der Waals surface area contributed by atoms with E-state index in [-0.39, 0.29) is 0 Å². The van der Waals surface area contributed by atoms with Crippen LogP contribution in [0.3, 0.4) is 0 Å². The molecule has 0 saturated carbocycles. The van der Waals surface area contributed by atoms with Crippen LogP contribution in [-0.2, 0) is 0 Å². The first kappa shape index (κ1) is 8.56. The van der Waals surface area contributed by atoms with Crippen LogP contribution in [0.25, 0.3) is 10.9 Å². The monoisotopic (exact) mass is 186 g/mol. The van der Waals surface area contributed by atoms with Gasteiger partial charge in [-0.1, -0.05) is 6.07 Å². The zero-order valence-electron chi connectivity index (χ0n) is 7.45. The Morgan fingerprint density at radius 2 is 2.23 bits per heavy atom. The molecule has 1 heterocycles. The van der Waals surface area contributed by atoms with Crippen LogP contribution in [0.15, 0.2) is 30.5 Å². The zero-order valence-corrected chi connectivity index (χ0v) is 8.86. The number of aryl methyl sites for hydroxylation is 1. The Bertz CT molecular complexity index is 442. The largest absolute Gasteiger partial charge is 0.649 e. The molecular weight excluding hydrogens is 177 g/mol. The molecule has 0 N–H and O–H groups in total. The number of hydrogen-bond acceptors (Lipinski definition) is 2. The minimum atomic E-state index is 0.855. The summed E-state index contributed by atoms with van der Waals surface area (Å²) in [6, 6.07) is 8.08. The Morgan fingerprint density at radius 3 is 3.00 bits per heavy atom. The van der Waals surface area contributed by atoms with E-state index in [9.17, 15) is 0 Å². The summed E-state index contributed by atoms with van der Waals surface area (Å²) >= 11 is 1.48.